The Morgan fingerprint density at radius 2 is 0.559 bits per heavy atom. The highest BCUT2D eigenvalue weighted by molar-refractivity contribution is 5.71. The molecule has 6 heteroatoms. The molecular weight excluding hydrogens is 733 g/mol. The van der Waals surface area contributed by atoms with Crippen LogP contribution in [0.3, 0.4) is 0 Å². The van der Waals surface area contributed by atoms with Gasteiger partial charge in [-0.2, -0.15) is 0 Å². The number of ether oxygens (including phenoxy) is 3. The number of unbranched alkanes of at least 4 members (excludes halogenated alkanes) is 35. The molecule has 0 fully saturated rings. The van der Waals surface area contributed by atoms with E-state index in [9.17, 15) is 14.4 Å². The van der Waals surface area contributed by atoms with E-state index in [0.29, 0.717) is 19.3 Å². The lowest BCUT2D eigenvalue weighted by Crippen LogP contribution is -2.30. The Morgan fingerprint density at radius 1 is 0.322 bits per heavy atom. The van der Waals surface area contributed by atoms with Gasteiger partial charge in [-0.05, 0) is 25.2 Å². The third-order valence-electron chi connectivity index (χ3n) is 12.0. The summed E-state index contributed by atoms with van der Waals surface area (Å²) in [5.41, 5.74) is 0. The van der Waals surface area contributed by atoms with Crippen molar-refractivity contribution in [1.82, 2.24) is 0 Å². The van der Waals surface area contributed by atoms with Gasteiger partial charge in [-0.25, -0.2) is 0 Å². The maximum Gasteiger partial charge on any atom is 0.306 e. The highest BCUT2D eigenvalue weighted by Gasteiger charge is 2.19. The van der Waals surface area contributed by atoms with Gasteiger partial charge in [-0.15, -0.1) is 0 Å². The number of rotatable bonds is 48. The van der Waals surface area contributed by atoms with Crippen LogP contribution in [0.1, 0.15) is 297 Å². The molecule has 0 unspecified atom stereocenters. The van der Waals surface area contributed by atoms with Crippen molar-refractivity contribution in [3.63, 3.8) is 0 Å². The van der Waals surface area contributed by atoms with Crippen molar-refractivity contribution in [2.24, 2.45) is 5.92 Å². The normalized spacial score (nSPS) is 11.9. The van der Waals surface area contributed by atoms with Gasteiger partial charge in [0.1, 0.15) is 13.2 Å². The molecule has 0 amide bonds. The van der Waals surface area contributed by atoms with Crippen LogP contribution in [0.5, 0.6) is 0 Å². The fraction of sp³-hybridized carbons (Fsp3) is 0.943. The third-order valence-corrected chi connectivity index (χ3v) is 12.0. The van der Waals surface area contributed by atoms with E-state index in [1.165, 1.54) is 193 Å². The summed E-state index contributed by atoms with van der Waals surface area (Å²) in [5, 5.41) is 0. The minimum Gasteiger partial charge on any atom is -0.462 e. The summed E-state index contributed by atoms with van der Waals surface area (Å²) in [6.07, 6.45) is 49.5. The van der Waals surface area contributed by atoms with Crippen molar-refractivity contribution in [3.8, 4) is 0 Å². The van der Waals surface area contributed by atoms with Gasteiger partial charge in [0.25, 0.3) is 0 Å². The second-order valence-corrected chi connectivity index (χ2v) is 18.6. The first-order valence-electron chi connectivity index (χ1n) is 26.4. The molecule has 1 atom stereocenters. The van der Waals surface area contributed by atoms with Gasteiger partial charge in [0.15, 0.2) is 6.10 Å². The molecule has 350 valence electrons. The molecule has 0 aliphatic heterocycles. The second-order valence-electron chi connectivity index (χ2n) is 18.6. The number of hydrogen-bond donors (Lipinski definition) is 0. The van der Waals surface area contributed by atoms with Crippen LogP contribution in [-0.4, -0.2) is 37.2 Å². The SMILES string of the molecule is CCCCCCCCCCCCC(=O)OC[C@H](COC(=O)CCCCCCCCCCCCCCCCCCCCC(C)C)OC(=O)CCCCCCCCCCCC. The lowest BCUT2D eigenvalue weighted by molar-refractivity contribution is -0.167. The molecule has 0 radical (unpaired) electrons. The van der Waals surface area contributed by atoms with Gasteiger partial charge in [0, 0.05) is 19.3 Å². The molecule has 0 aliphatic carbocycles. The molecule has 0 bridgehead atoms. The van der Waals surface area contributed by atoms with Gasteiger partial charge < -0.3 is 14.2 Å². The predicted molar refractivity (Wildman–Crippen MR) is 252 cm³/mol. The summed E-state index contributed by atoms with van der Waals surface area (Å²) in [7, 11) is 0. The standard InChI is InChI=1S/C53H102O6/c1-5-7-9-11-13-15-28-32-36-40-44-51(54)57-47-50(59-53(56)46-42-38-34-29-16-14-12-10-8-6-2)48-58-52(55)45-41-37-33-30-26-24-22-20-18-17-19-21-23-25-27-31-35-39-43-49(3)4/h49-50H,5-48H2,1-4H3/t50-/m1/s1. The smallest absolute Gasteiger partial charge is 0.306 e. The summed E-state index contributed by atoms with van der Waals surface area (Å²) in [4.78, 5) is 37.8. The Kier molecular flexibility index (Phi) is 46.2. The topological polar surface area (TPSA) is 78.9 Å². The zero-order valence-electron chi connectivity index (χ0n) is 40.2. The molecule has 0 aliphatic rings. The molecule has 0 saturated heterocycles. The number of esters is 3. The summed E-state index contributed by atoms with van der Waals surface area (Å²) < 4.78 is 16.8. The van der Waals surface area contributed by atoms with E-state index >= 15 is 0 Å². The fourth-order valence-corrected chi connectivity index (χ4v) is 8.04. The largest absolute Gasteiger partial charge is 0.462 e. The first-order valence-corrected chi connectivity index (χ1v) is 26.4. The van der Waals surface area contributed by atoms with Crippen LogP contribution >= 0.6 is 0 Å². The lowest BCUT2D eigenvalue weighted by Gasteiger charge is -2.18. The summed E-state index contributed by atoms with van der Waals surface area (Å²) in [5.74, 6) is 0.0123. The van der Waals surface area contributed by atoms with E-state index in [2.05, 4.69) is 27.7 Å². The van der Waals surface area contributed by atoms with Crippen molar-refractivity contribution in [1.29, 1.82) is 0 Å². The predicted octanol–water partition coefficient (Wildman–Crippen LogP) is 17.1. The van der Waals surface area contributed by atoms with Gasteiger partial charge in [-0.3, -0.25) is 14.4 Å². The number of carbonyl (C=O) groups is 3. The lowest BCUT2D eigenvalue weighted by atomic mass is 10.0. The highest BCUT2D eigenvalue weighted by Crippen LogP contribution is 2.17. The summed E-state index contributed by atoms with van der Waals surface area (Å²) in [6, 6.07) is 0. The minimum atomic E-state index is -0.759. The fourth-order valence-electron chi connectivity index (χ4n) is 8.04. The van der Waals surface area contributed by atoms with Crippen molar-refractivity contribution >= 4 is 17.9 Å². The monoisotopic (exact) mass is 835 g/mol. The molecule has 0 heterocycles. The molecule has 59 heavy (non-hydrogen) atoms. The van der Waals surface area contributed by atoms with Gasteiger partial charge in [0.2, 0.25) is 0 Å². The van der Waals surface area contributed by atoms with Gasteiger partial charge in [-0.1, -0.05) is 259 Å². The Labute approximate surface area is 368 Å². The van der Waals surface area contributed by atoms with Crippen LogP contribution in [0.15, 0.2) is 0 Å². The molecule has 0 aromatic rings. The zero-order chi connectivity index (χ0) is 43.1. The van der Waals surface area contributed by atoms with Crippen LogP contribution in [0, 0.1) is 5.92 Å². The molecule has 0 aromatic carbocycles. The Bertz CT molecular complexity index is 887. The minimum absolute atomic E-state index is 0.0627. The van der Waals surface area contributed by atoms with Crippen molar-refractivity contribution in [2.75, 3.05) is 13.2 Å². The Balaban J connectivity index is 4.15. The van der Waals surface area contributed by atoms with Crippen molar-refractivity contribution in [2.45, 2.75) is 303 Å². The van der Waals surface area contributed by atoms with E-state index in [1.807, 2.05) is 0 Å². The highest BCUT2D eigenvalue weighted by atomic mass is 16.6. The Morgan fingerprint density at radius 3 is 0.831 bits per heavy atom. The number of carbonyl (C=O) groups excluding carboxylic acids is 3. The van der Waals surface area contributed by atoms with E-state index < -0.39 is 6.10 Å². The van der Waals surface area contributed by atoms with Crippen LogP contribution in [-0.2, 0) is 28.6 Å². The van der Waals surface area contributed by atoms with Gasteiger partial charge in [0.05, 0.1) is 0 Å². The molecule has 6 nitrogen and oxygen atoms in total. The summed E-state index contributed by atoms with van der Waals surface area (Å²) >= 11 is 0. The average molecular weight is 835 g/mol. The van der Waals surface area contributed by atoms with Gasteiger partial charge >= 0.3 is 17.9 Å². The average Bonchev–Trinajstić information content (AvgIpc) is 3.22. The quantitative estimate of drug-likeness (QED) is 0.0345. The maximum atomic E-state index is 12.7. The van der Waals surface area contributed by atoms with E-state index in [0.717, 1.165) is 63.7 Å². The molecule has 0 rings (SSSR count). The van der Waals surface area contributed by atoms with Crippen LogP contribution < -0.4 is 0 Å². The maximum absolute atomic E-state index is 12.7. The van der Waals surface area contributed by atoms with E-state index in [-0.39, 0.29) is 31.1 Å². The van der Waals surface area contributed by atoms with E-state index in [4.69, 9.17) is 14.2 Å². The number of hydrogen-bond acceptors (Lipinski definition) is 6. The molecule has 0 aromatic heterocycles. The van der Waals surface area contributed by atoms with Crippen molar-refractivity contribution < 1.29 is 28.6 Å². The third kappa shape index (κ3) is 47.3. The second kappa shape index (κ2) is 47.5. The molecular formula is C53H102O6. The van der Waals surface area contributed by atoms with Crippen molar-refractivity contribution in [3.05, 3.63) is 0 Å². The first kappa shape index (κ1) is 57.4. The van der Waals surface area contributed by atoms with Crippen LogP contribution in [0.4, 0.5) is 0 Å². The molecule has 0 N–H and O–H groups in total. The van der Waals surface area contributed by atoms with E-state index in [1.54, 1.807) is 0 Å². The molecule has 0 saturated carbocycles. The van der Waals surface area contributed by atoms with Crippen LogP contribution in [0.25, 0.3) is 0 Å². The zero-order valence-corrected chi connectivity index (χ0v) is 40.2. The summed E-state index contributed by atoms with van der Waals surface area (Å²) in [6.45, 7) is 9.03. The molecule has 0 spiro atoms. The first-order chi connectivity index (χ1) is 28.9. The Hall–Kier alpha value is -1.59. The van der Waals surface area contributed by atoms with Crippen LogP contribution in [0.2, 0.25) is 0 Å².